The van der Waals surface area contributed by atoms with Gasteiger partial charge in [-0.25, -0.2) is 0 Å². The zero-order chi connectivity index (χ0) is 24.1. The number of alkyl halides is 2. The van der Waals surface area contributed by atoms with Gasteiger partial charge < -0.3 is 4.74 Å². The van der Waals surface area contributed by atoms with E-state index < -0.39 is 12.2 Å². The van der Waals surface area contributed by atoms with E-state index in [9.17, 15) is 8.78 Å². The first-order valence-electron chi connectivity index (χ1n) is 13.6. The standard InChI is InChI=1S/C31H42F2O/c1-4-5-24-8-12-27(13-9-24)28-16-14-25(15-17-28)23(3)34-31(32,33)30-20-18-29(19-21-30)26-10-6-22(2)7-11-26/h14-24,26-27H,4-13H2,1-3H3. The van der Waals surface area contributed by atoms with Gasteiger partial charge in [-0.3, -0.25) is 0 Å². The van der Waals surface area contributed by atoms with Crippen molar-refractivity contribution in [2.45, 2.75) is 109 Å². The van der Waals surface area contributed by atoms with Gasteiger partial charge >= 0.3 is 6.11 Å². The molecule has 0 N–H and O–H groups in total. The minimum atomic E-state index is -3.31. The van der Waals surface area contributed by atoms with Crippen LogP contribution in [0.5, 0.6) is 0 Å². The lowest BCUT2D eigenvalue weighted by Crippen LogP contribution is -2.20. The average Bonchev–Trinajstić information content (AvgIpc) is 2.85. The maximum Gasteiger partial charge on any atom is 0.383 e. The SMILES string of the molecule is CCCC1CCC(c2ccc(C(C)OC(F)(F)c3ccc(C4CCC(C)CC4)cc3)cc2)CC1. The smallest absolute Gasteiger partial charge is 0.309 e. The fraction of sp³-hybridized carbons (Fsp3) is 0.613. The molecular formula is C31H42F2O. The van der Waals surface area contributed by atoms with Gasteiger partial charge in [0.05, 0.1) is 11.7 Å². The van der Waals surface area contributed by atoms with E-state index in [0.717, 1.165) is 30.2 Å². The molecule has 0 aromatic heterocycles. The van der Waals surface area contributed by atoms with Gasteiger partial charge in [0.1, 0.15) is 0 Å². The van der Waals surface area contributed by atoms with Crippen LogP contribution < -0.4 is 0 Å². The van der Waals surface area contributed by atoms with Crippen LogP contribution in [0.1, 0.15) is 125 Å². The van der Waals surface area contributed by atoms with Gasteiger partial charge in [-0.05, 0) is 85.8 Å². The van der Waals surface area contributed by atoms with Crippen LogP contribution in [0.3, 0.4) is 0 Å². The monoisotopic (exact) mass is 468 g/mol. The highest BCUT2D eigenvalue weighted by atomic mass is 19.3. The lowest BCUT2D eigenvalue weighted by molar-refractivity contribution is -0.272. The second-order valence-corrected chi connectivity index (χ2v) is 11.0. The largest absolute Gasteiger partial charge is 0.383 e. The summed E-state index contributed by atoms with van der Waals surface area (Å²) in [5.74, 6) is 2.77. The fourth-order valence-corrected chi connectivity index (χ4v) is 6.13. The second-order valence-electron chi connectivity index (χ2n) is 11.0. The summed E-state index contributed by atoms with van der Waals surface area (Å²) < 4.78 is 35.2. The summed E-state index contributed by atoms with van der Waals surface area (Å²) in [6.45, 7) is 6.28. The highest BCUT2D eigenvalue weighted by molar-refractivity contribution is 5.29. The Labute approximate surface area is 205 Å². The Bertz CT molecular complexity index is 873. The minimum Gasteiger partial charge on any atom is -0.309 e. The van der Waals surface area contributed by atoms with Crippen molar-refractivity contribution in [2.75, 3.05) is 0 Å². The van der Waals surface area contributed by atoms with Gasteiger partial charge in [0.2, 0.25) is 0 Å². The van der Waals surface area contributed by atoms with Crippen LogP contribution in [0.2, 0.25) is 0 Å². The molecule has 0 spiro atoms. The van der Waals surface area contributed by atoms with E-state index in [1.807, 2.05) is 24.3 Å². The first kappa shape index (κ1) is 25.4. The van der Waals surface area contributed by atoms with Crippen molar-refractivity contribution in [3.8, 4) is 0 Å². The molecule has 1 unspecified atom stereocenters. The fourth-order valence-electron chi connectivity index (χ4n) is 6.13. The van der Waals surface area contributed by atoms with E-state index in [-0.39, 0.29) is 5.56 Å². The Morgan fingerprint density at radius 1 is 0.794 bits per heavy atom. The molecular weight excluding hydrogens is 426 g/mol. The zero-order valence-electron chi connectivity index (χ0n) is 21.2. The first-order valence-corrected chi connectivity index (χ1v) is 13.6. The molecule has 0 bridgehead atoms. The van der Waals surface area contributed by atoms with Crippen molar-refractivity contribution < 1.29 is 13.5 Å². The Morgan fingerprint density at radius 2 is 1.29 bits per heavy atom. The molecule has 2 aliphatic rings. The van der Waals surface area contributed by atoms with Crippen molar-refractivity contribution in [3.05, 3.63) is 70.8 Å². The molecule has 4 rings (SSSR count). The summed E-state index contributed by atoms with van der Waals surface area (Å²) in [6, 6.07) is 15.1. The molecule has 2 fully saturated rings. The van der Waals surface area contributed by atoms with Crippen molar-refractivity contribution in [1.82, 2.24) is 0 Å². The van der Waals surface area contributed by atoms with E-state index >= 15 is 0 Å². The molecule has 0 aliphatic heterocycles. The van der Waals surface area contributed by atoms with E-state index in [1.165, 1.54) is 62.5 Å². The number of benzene rings is 2. The summed E-state index contributed by atoms with van der Waals surface area (Å²) in [7, 11) is 0. The van der Waals surface area contributed by atoms with Gasteiger partial charge in [-0.15, -0.1) is 0 Å². The van der Waals surface area contributed by atoms with Crippen LogP contribution in [0.25, 0.3) is 0 Å². The third-order valence-corrected chi connectivity index (χ3v) is 8.48. The molecule has 186 valence electrons. The molecule has 0 saturated heterocycles. The molecule has 0 heterocycles. The lowest BCUT2D eigenvalue weighted by atomic mass is 9.77. The van der Waals surface area contributed by atoms with Gasteiger partial charge in [0.15, 0.2) is 0 Å². The minimum absolute atomic E-state index is 0.0623. The van der Waals surface area contributed by atoms with Crippen LogP contribution in [0.15, 0.2) is 48.5 Å². The highest BCUT2D eigenvalue weighted by Crippen LogP contribution is 2.40. The third-order valence-electron chi connectivity index (χ3n) is 8.48. The Kier molecular flexibility index (Phi) is 8.45. The quantitative estimate of drug-likeness (QED) is 0.374. The normalized spacial score (nSPS) is 26.9. The molecule has 2 aromatic carbocycles. The van der Waals surface area contributed by atoms with E-state index in [2.05, 4.69) is 26.0 Å². The van der Waals surface area contributed by atoms with Gasteiger partial charge in [-0.1, -0.05) is 88.1 Å². The van der Waals surface area contributed by atoms with Crippen LogP contribution in [0, 0.1) is 11.8 Å². The third kappa shape index (κ3) is 6.27. The topological polar surface area (TPSA) is 9.23 Å². The number of hydrogen-bond donors (Lipinski definition) is 0. The summed E-state index contributed by atoms with van der Waals surface area (Å²) in [4.78, 5) is 0. The molecule has 34 heavy (non-hydrogen) atoms. The molecule has 1 atom stereocenters. The number of rotatable bonds is 8. The number of hydrogen-bond acceptors (Lipinski definition) is 1. The number of ether oxygens (including phenoxy) is 1. The van der Waals surface area contributed by atoms with Crippen molar-refractivity contribution >= 4 is 0 Å². The summed E-state index contributed by atoms with van der Waals surface area (Å²) in [5.41, 5.74) is 3.26. The molecule has 1 nitrogen and oxygen atoms in total. The Balaban J connectivity index is 1.33. The van der Waals surface area contributed by atoms with Crippen LogP contribution >= 0.6 is 0 Å². The van der Waals surface area contributed by atoms with Gasteiger partial charge in [0.25, 0.3) is 0 Å². The van der Waals surface area contributed by atoms with Crippen LogP contribution in [-0.2, 0) is 10.8 Å². The second kappa shape index (κ2) is 11.3. The molecule has 2 aliphatic carbocycles. The lowest BCUT2D eigenvalue weighted by Gasteiger charge is -2.29. The zero-order valence-corrected chi connectivity index (χ0v) is 21.2. The van der Waals surface area contributed by atoms with Crippen molar-refractivity contribution in [2.24, 2.45) is 11.8 Å². The van der Waals surface area contributed by atoms with Crippen molar-refractivity contribution in [3.63, 3.8) is 0 Å². The summed E-state index contributed by atoms with van der Waals surface area (Å²) >= 11 is 0. The molecule has 3 heteroatoms. The molecule has 0 radical (unpaired) electrons. The van der Waals surface area contributed by atoms with Crippen molar-refractivity contribution in [1.29, 1.82) is 0 Å². The number of halogens is 2. The maximum absolute atomic E-state index is 15.0. The summed E-state index contributed by atoms with van der Waals surface area (Å²) in [6.07, 6.45) is 8.49. The molecule has 0 amide bonds. The van der Waals surface area contributed by atoms with Crippen LogP contribution in [0.4, 0.5) is 8.78 Å². The average molecular weight is 469 g/mol. The van der Waals surface area contributed by atoms with E-state index in [1.54, 1.807) is 19.1 Å². The van der Waals surface area contributed by atoms with Gasteiger partial charge in [0, 0.05) is 0 Å². The Hall–Kier alpha value is -1.74. The predicted octanol–water partition coefficient (Wildman–Crippen LogP) is 9.88. The first-order chi connectivity index (χ1) is 16.4. The molecule has 2 saturated carbocycles. The van der Waals surface area contributed by atoms with Crippen LogP contribution in [-0.4, -0.2) is 0 Å². The highest BCUT2D eigenvalue weighted by Gasteiger charge is 2.35. The molecule has 2 aromatic rings. The summed E-state index contributed by atoms with van der Waals surface area (Å²) in [5, 5.41) is 0. The maximum atomic E-state index is 15.0. The van der Waals surface area contributed by atoms with Gasteiger partial charge in [-0.2, -0.15) is 8.78 Å². The predicted molar refractivity (Wildman–Crippen MR) is 136 cm³/mol. The Morgan fingerprint density at radius 3 is 1.82 bits per heavy atom. The van der Waals surface area contributed by atoms with E-state index in [4.69, 9.17) is 4.74 Å². The van der Waals surface area contributed by atoms with E-state index in [0.29, 0.717) is 11.8 Å².